The zero-order valence-electron chi connectivity index (χ0n) is 21.4. The number of amides is 2. The summed E-state index contributed by atoms with van der Waals surface area (Å²) in [5.41, 5.74) is 1.56. The van der Waals surface area contributed by atoms with Gasteiger partial charge in [0.2, 0.25) is 11.8 Å². The van der Waals surface area contributed by atoms with Gasteiger partial charge in [0.15, 0.2) is 0 Å². The van der Waals surface area contributed by atoms with E-state index in [1.54, 1.807) is 0 Å². The molecule has 0 spiro atoms. The van der Waals surface area contributed by atoms with Crippen molar-refractivity contribution in [2.45, 2.75) is 94.7 Å². The highest BCUT2D eigenvalue weighted by molar-refractivity contribution is 6.31. The van der Waals surface area contributed by atoms with Crippen LogP contribution in [-0.4, -0.2) is 35.3 Å². The number of anilines is 1. The fourth-order valence-corrected chi connectivity index (χ4v) is 7.04. The Labute approximate surface area is 230 Å². The van der Waals surface area contributed by atoms with E-state index in [0.717, 1.165) is 68.2 Å². The van der Waals surface area contributed by atoms with Gasteiger partial charge in [0.25, 0.3) is 0 Å². The topological polar surface area (TPSA) is 61.4 Å². The number of nitrogens with zero attached hydrogens (tertiary/aromatic N) is 1. The van der Waals surface area contributed by atoms with Gasteiger partial charge < -0.3 is 10.6 Å². The summed E-state index contributed by atoms with van der Waals surface area (Å²) in [5, 5.41) is 7.65. The molecule has 1 unspecified atom stereocenters. The van der Waals surface area contributed by atoms with Crippen LogP contribution in [0.2, 0.25) is 10.0 Å². The summed E-state index contributed by atoms with van der Waals surface area (Å²) >= 11 is 12.7. The fourth-order valence-electron chi connectivity index (χ4n) is 6.65. The zero-order chi connectivity index (χ0) is 25.8. The molecule has 198 valence electrons. The average Bonchev–Trinajstić information content (AvgIpc) is 3.03. The lowest BCUT2D eigenvalue weighted by Crippen LogP contribution is -2.59. The van der Waals surface area contributed by atoms with E-state index in [1.165, 1.54) is 19.3 Å². The molecule has 0 saturated heterocycles. The predicted molar refractivity (Wildman–Crippen MR) is 150 cm³/mol. The molecule has 0 radical (unpaired) electrons. The molecule has 2 aliphatic carbocycles. The lowest BCUT2D eigenvalue weighted by molar-refractivity contribution is -0.135. The molecule has 1 heterocycles. The lowest BCUT2D eigenvalue weighted by atomic mass is 9.81. The molecular weight excluding hydrogens is 505 g/mol. The molecule has 5 nitrogen and oxygen atoms in total. The molecule has 5 rings (SSSR count). The molecule has 2 aromatic carbocycles. The van der Waals surface area contributed by atoms with E-state index in [2.05, 4.69) is 15.5 Å². The zero-order valence-corrected chi connectivity index (χ0v) is 22.9. The lowest BCUT2D eigenvalue weighted by Gasteiger charge is -2.44. The fraction of sp³-hybridized carbons (Fsp3) is 0.533. The van der Waals surface area contributed by atoms with Crippen molar-refractivity contribution in [1.82, 2.24) is 10.2 Å². The van der Waals surface area contributed by atoms with Crippen molar-refractivity contribution in [1.29, 1.82) is 0 Å². The van der Waals surface area contributed by atoms with Crippen molar-refractivity contribution in [2.24, 2.45) is 0 Å². The van der Waals surface area contributed by atoms with Gasteiger partial charge in [-0.2, -0.15) is 0 Å². The third-order valence-electron chi connectivity index (χ3n) is 8.44. The van der Waals surface area contributed by atoms with Crippen LogP contribution in [0.25, 0.3) is 0 Å². The van der Waals surface area contributed by atoms with Crippen LogP contribution >= 0.6 is 23.2 Å². The summed E-state index contributed by atoms with van der Waals surface area (Å²) in [5.74, 6) is -0.0868. The maximum absolute atomic E-state index is 14.1. The summed E-state index contributed by atoms with van der Waals surface area (Å²) < 4.78 is 0. The first-order valence-corrected chi connectivity index (χ1v) is 14.6. The van der Waals surface area contributed by atoms with Crippen LogP contribution in [0.3, 0.4) is 0 Å². The van der Waals surface area contributed by atoms with E-state index < -0.39 is 5.54 Å². The van der Waals surface area contributed by atoms with E-state index in [-0.39, 0.29) is 30.4 Å². The first kappa shape index (κ1) is 26.5. The molecule has 2 amide bonds. The van der Waals surface area contributed by atoms with Crippen molar-refractivity contribution in [2.75, 3.05) is 11.9 Å². The maximum Gasteiger partial charge on any atom is 0.249 e. The minimum atomic E-state index is -1.02. The highest BCUT2D eigenvalue weighted by atomic mass is 35.5. The molecule has 0 aromatic heterocycles. The van der Waals surface area contributed by atoms with Crippen LogP contribution < -0.4 is 10.6 Å². The SMILES string of the molecule is O=C(CN(C1CCCCCC1)C1(Cc2cccc(Cl)c2)C(=O)Nc2cc(Cl)ccc21)NC1CCCCC1. The summed E-state index contributed by atoms with van der Waals surface area (Å²) in [7, 11) is 0. The molecule has 1 atom stereocenters. The first-order chi connectivity index (χ1) is 18.0. The first-order valence-electron chi connectivity index (χ1n) is 13.9. The molecule has 2 saturated carbocycles. The number of benzene rings is 2. The van der Waals surface area contributed by atoms with Gasteiger partial charge in [0.05, 0.1) is 6.54 Å². The smallest absolute Gasteiger partial charge is 0.249 e. The minimum absolute atomic E-state index is 0.0110. The normalized spacial score (nSPS) is 22.9. The van der Waals surface area contributed by atoms with E-state index in [0.29, 0.717) is 16.5 Å². The monoisotopic (exact) mass is 541 g/mol. The standard InChI is InChI=1S/C30H37Cl2N3O2/c31-22-10-8-9-21(17-22)19-30(26-16-15-23(32)18-27(26)34-29(30)37)35(25-13-6-1-2-7-14-25)20-28(36)33-24-11-4-3-5-12-24/h8-10,15-18,24-25H,1-7,11-14,19-20H2,(H,33,36)(H,34,37). The van der Waals surface area contributed by atoms with Crippen molar-refractivity contribution < 1.29 is 9.59 Å². The number of carbonyl (C=O) groups is 2. The Bertz CT molecular complexity index is 1130. The molecular formula is C30H37Cl2N3O2. The summed E-state index contributed by atoms with van der Waals surface area (Å²) in [6.45, 7) is 0.192. The molecule has 2 N–H and O–H groups in total. The highest BCUT2D eigenvalue weighted by Gasteiger charge is 2.53. The van der Waals surface area contributed by atoms with Crippen LogP contribution in [0, 0.1) is 0 Å². The third-order valence-corrected chi connectivity index (χ3v) is 8.91. The van der Waals surface area contributed by atoms with Gasteiger partial charge in [-0.25, -0.2) is 0 Å². The van der Waals surface area contributed by atoms with E-state index in [1.807, 2.05) is 42.5 Å². The van der Waals surface area contributed by atoms with Crippen LogP contribution in [0.1, 0.15) is 81.8 Å². The second-order valence-corrected chi connectivity index (χ2v) is 11.9. The summed E-state index contributed by atoms with van der Waals surface area (Å²) in [6.07, 6.45) is 12.6. The Balaban J connectivity index is 1.57. The van der Waals surface area contributed by atoms with Gasteiger partial charge in [0, 0.05) is 39.8 Å². The van der Waals surface area contributed by atoms with Crippen molar-refractivity contribution in [3.8, 4) is 0 Å². The maximum atomic E-state index is 14.1. The number of fused-ring (bicyclic) bond motifs is 1. The number of halogens is 2. The number of nitrogens with one attached hydrogen (secondary N) is 2. The van der Waals surface area contributed by atoms with Gasteiger partial charge in [-0.1, -0.05) is 86.3 Å². The molecule has 7 heteroatoms. The summed E-state index contributed by atoms with van der Waals surface area (Å²) in [6, 6.07) is 13.7. The van der Waals surface area contributed by atoms with Crippen LogP contribution in [0.4, 0.5) is 5.69 Å². The second-order valence-electron chi connectivity index (χ2n) is 11.0. The minimum Gasteiger partial charge on any atom is -0.352 e. The number of hydrogen-bond donors (Lipinski definition) is 2. The van der Waals surface area contributed by atoms with Crippen LogP contribution in [0.15, 0.2) is 42.5 Å². The van der Waals surface area contributed by atoms with E-state index in [9.17, 15) is 9.59 Å². The summed E-state index contributed by atoms with van der Waals surface area (Å²) in [4.78, 5) is 30.0. The van der Waals surface area contributed by atoms with Gasteiger partial charge in [-0.05, 0) is 55.5 Å². The number of hydrogen-bond acceptors (Lipinski definition) is 3. The van der Waals surface area contributed by atoms with Gasteiger partial charge in [-0.15, -0.1) is 0 Å². The van der Waals surface area contributed by atoms with E-state index in [4.69, 9.17) is 23.2 Å². The van der Waals surface area contributed by atoms with Crippen molar-refractivity contribution >= 4 is 40.7 Å². The number of rotatable bonds is 7. The Kier molecular flexibility index (Phi) is 8.43. The Hall–Kier alpha value is -2.08. The molecule has 37 heavy (non-hydrogen) atoms. The highest BCUT2D eigenvalue weighted by Crippen LogP contribution is 2.46. The van der Waals surface area contributed by atoms with Gasteiger partial charge >= 0.3 is 0 Å². The number of carbonyl (C=O) groups excluding carboxylic acids is 2. The molecule has 3 aliphatic rings. The Morgan fingerprint density at radius 2 is 1.59 bits per heavy atom. The predicted octanol–water partition coefficient (Wildman–Crippen LogP) is 6.86. The van der Waals surface area contributed by atoms with Crippen molar-refractivity contribution in [3.05, 3.63) is 63.6 Å². The molecule has 1 aliphatic heterocycles. The van der Waals surface area contributed by atoms with Crippen LogP contribution in [0.5, 0.6) is 0 Å². The Morgan fingerprint density at radius 3 is 2.32 bits per heavy atom. The van der Waals surface area contributed by atoms with Crippen molar-refractivity contribution in [3.63, 3.8) is 0 Å². The van der Waals surface area contributed by atoms with Gasteiger partial charge in [0.1, 0.15) is 5.54 Å². The third kappa shape index (κ3) is 5.84. The average molecular weight is 543 g/mol. The quantitative estimate of drug-likeness (QED) is 0.376. The molecule has 2 fully saturated rings. The molecule has 2 aromatic rings. The Morgan fingerprint density at radius 1 is 0.919 bits per heavy atom. The molecule has 0 bridgehead atoms. The second kappa shape index (κ2) is 11.8. The van der Waals surface area contributed by atoms with Crippen LogP contribution in [-0.2, 0) is 21.5 Å². The van der Waals surface area contributed by atoms with Gasteiger partial charge in [-0.3, -0.25) is 14.5 Å². The largest absolute Gasteiger partial charge is 0.352 e. The van der Waals surface area contributed by atoms with E-state index >= 15 is 0 Å².